The molecule has 2 N–H and O–H groups in total. The molecule has 0 aliphatic rings. The van der Waals surface area contributed by atoms with Crippen LogP contribution in [0.3, 0.4) is 0 Å². The van der Waals surface area contributed by atoms with Gasteiger partial charge in [0.1, 0.15) is 0 Å². The highest BCUT2D eigenvalue weighted by atomic mass is 28.3. The number of hydrogen-bond donors (Lipinski definition) is 1. The number of para-hydroxylation sites is 2. The lowest BCUT2D eigenvalue weighted by atomic mass is 9.94. The number of nitrogens with two attached hydrogens (primary N) is 1. The lowest BCUT2D eigenvalue weighted by molar-refractivity contribution is 1.17. The molecule has 0 aliphatic carbocycles. The van der Waals surface area contributed by atoms with Crippen molar-refractivity contribution in [2.75, 3.05) is 5.73 Å². The van der Waals surface area contributed by atoms with Gasteiger partial charge in [0.15, 0.2) is 8.07 Å². The van der Waals surface area contributed by atoms with Crippen LogP contribution in [0.15, 0.2) is 249 Å². The van der Waals surface area contributed by atoms with Crippen LogP contribution in [-0.4, -0.2) is 17.2 Å². The van der Waals surface area contributed by atoms with Gasteiger partial charge in [-0.2, -0.15) is 0 Å². The summed E-state index contributed by atoms with van der Waals surface area (Å²) in [5, 5.41) is 10.3. The second-order valence-electron chi connectivity index (χ2n) is 16.7. The number of nitrogen functional groups attached to an aromatic ring is 1. The van der Waals surface area contributed by atoms with E-state index in [9.17, 15) is 0 Å². The van der Waals surface area contributed by atoms with Crippen molar-refractivity contribution in [2.45, 2.75) is 0 Å². The highest BCUT2D eigenvalue weighted by Gasteiger charge is 2.41. The van der Waals surface area contributed by atoms with Gasteiger partial charge >= 0.3 is 0 Å². The van der Waals surface area contributed by atoms with Crippen molar-refractivity contribution < 1.29 is 0 Å². The Hall–Kier alpha value is -8.18. The maximum Gasteiger partial charge on any atom is 0.179 e. The van der Waals surface area contributed by atoms with Crippen molar-refractivity contribution >= 4 is 78.1 Å². The Bertz CT molecular complexity index is 3490. The smallest absolute Gasteiger partial charge is 0.179 e. The molecule has 2 heterocycles. The molecule has 0 saturated carbocycles. The van der Waals surface area contributed by atoms with Crippen molar-refractivity contribution in [3.8, 4) is 33.6 Å². The Morgan fingerprint density at radius 1 is 0.297 bits per heavy atom. The van der Waals surface area contributed by atoms with Gasteiger partial charge in [-0.25, -0.2) is 0 Å². The zero-order chi connectivity index (χ0) is 42.6. The van der Waals surface area contributed by atoms with Crippen LogP contribution in [-0.2, 0) is 0 Å². The van der Waals surface area contributed by atoms with E-state index in [2.05, 4.69) is 258 Å². The summed E-state index contributed by atoms with van der Waals surface area (Å²) in [7, 11) is -2.80. The van der Waals surface area contributed by atoms with Gasteiger partial charge < -0.3 is 14.9 Å². The maximum absolute atomic E-state index is 6.77. The summed E-state index contributed by atoms with van der Waals surface area (Å²) in [5.41, 5.74) is 18.8. The molecule has 0 fully saturated rings. The van der Waals surface area contributed by atoms with E-state index >= 15 is 0 Å². The Labute approximate surface area is 373 Å². The quantitative estimate of drug-likeness (QED) is 0.0924. The molecule has 3 nitrogen and oxygen atoms in total. The van der Waals surface area contributed by atoms with Crippen molar-refractivity contribution in [3.63, 3.8) is 0 Å². The standard InChI is InChI=1S/C60H43N3Si/c61-44-38-53(42-20-6-1-7-21-42)60(54(39-44)43-22-8-2-9-23-43)63-57-33-19-17-31-51(57)55-40-45(34-37-58(55)63)62-56-32-18-16-30-50(56)52-36-35-49(41-59(52)62)64(46-24-10-3-11-25-46,47-26-12-4-13-27-47)48-28-14-5-15-29-48/h1-41H,61H2. The van der Waals surface area contributed by atoms with Gasteiger partial charge in [0.2, 0.25) is 0 Å². The van der Waals surface area contributed by atoms with E-state index in [4.69, 9.17) is 5.73 Å². The Balaban J connectivity index is 1.15. The first kappa shape index (κ1) is 37.6. The predicted molar refractivity (Wildman–Crippen MR) is 274 cm³/mol. The average Bonchev–Trinajstić information content (AvgIpc) is 3.87. The van der Waals surface area contributed by atoms with E-state index in [1.54, 1.807) is 0 Å². The largest absolute Gasteiger partial charge is 0.399 e. The third kappa shape index (κ3) is 5.88. The third-order valence-electron chi connectivity index (χ3n) is 13.2. The number of rotatable bonds is 8. The summed E-state index contributed by atoms with van der Waals surface area (Å²) in [6, 6.07) is 91.2. The fraction of sp³-hybridized carbons (Fsp3) is 0. The van der Waals surface area contributed by atoms with E-state index in [0.717, 1.165) is 50.3 Å². The fourth-order valence-corrected chi connectivity index (χ4v) is 15.2. The topological polar surface area (TPSA) is 35.9 Å². The monoisotopic (exact) mass is 833 g/mol. The van der Waals surface area contributed by atoms with Crippen molar-refractivity contribution in [2.24, 2.45) is 0 Å². The Morgan fingerprint density at radius 3 is 1.25 bits per heavy atom. The molecule has 12 aromatic rings. The maximum atomic E-state index is 6.77. The van der Waals surface area contributed by atoms with E-state index in [-0.39, 0.29) is 0 Å². The number of anilines is 1. The Morgan fingerprint density at radius 2 is 0.719 bits per heavy atom. The Kier molecular flexibility index (Phi) is 8.99. The second-order valence-corrected chi connectivity index (χ2v) is 20.5. The van der Waals surface area contributed by atoms with Gasteiger partial charge in [-0.15, -0.1) is 0 Å². The molecule has 0 saturated heterocycles. The minimum absolute atomic E-state index is 0.731. The summed E-state index contributed by atoms with van der Waals surface area (Å²) in [5.74, 6) is 0. The molecule has 0 amide bonds. The van der Waals surface area contributed by atoms with Crippen LogP contribution in [0.25, 0.3) is 77.2 Å². The van der Waals surface area contributed by atoms with Crippen LogP contribution in [0.2, 0.25) is 0 Å². The van der Waals surface area contributed by atoms with Gasteiger partial charge in [-0.3, -0.25) is 0 Å². The first-order valence-corrected chi connectivity index (χ1v) is 24.0. The zero-order valence-corrected chi connectivity index (χ0v) is 36.1. The summed E-state index contributed by atoms with van der Waals surface area (Å²) in [4.78, 5) is 0. The molecule has 2 aromatic heterocycles. The number of nitrogens with zero attached hydrogens (tertiary/aromatic N) is 2. The minimum atomic E-state index is -2.80. The van der Waals surface area contributed by atoms with Crippen LogP contribution < -0.4 is 26.5 Å². The van der Waals surface area contributed by atoms with Gasteiger partial charge in [0.25, 0.3) is 0 Å². The molecule has 0 spiro atoms. The van der Waals surface area contributed by atoms with E-state index in [1.165, 1.54) is 53.3 Å². The van der Waals surface area contributed by atoms with E-state index < -0.39 is 8.07 Å². The van der Waals surface area contributed by atoms with Crippen LogP contribution in [0.5, 0.6) is 0 Å². The molecule has 64 heavy (non-hydrogen) atoms. The third-order valence-corrected chi connectivity index (χ3v) is 17.9. The molecular formula is C60H43N3Si. The van der Waals surface area contributed by atoms with Crippen LogP contribution in [0.4, 0.5) is 5.69 Å². The summed E-state index contributed by atoms with van der Waals surface area (Å²) in [6.07, 6.45) is 0. The molecule has 0 bridgehead atoms. The van der Waals surface area contributed by atoms with Crippen LogP contribution in [0, 0.1) is 0 Å². The first-order valence-electron chi connectivity index (χ1n) is 22.0. The molecule has 10 aromatic carbocycles. The van der Waals surface area contributed by atoms with Crippen LogP contribution >= 0.6 is 0 Å². The molecular weight excluding hydrogens is 791 g/mol. The number of hydrogen-bond acceptors (Lipinski definition) is 1. The number of benzene rings is 10. The predicted octanol–water partition coefficient (Wildman–Crippen LogP) is 12.2. The second kappa shape index (κ2) is 15.3. The lowest BCUT2D eigenvalue weighted by Crippen LogP contribution is -2.74. The lowest BCUT2D eigenvalue weighted by Gasteiger charge is -2.34. The van der Waals surface area contributed by atoms with Gasteiger partial charge in [0, 0.05) is 44.0 Å². The van der Waals surface area contributed by atoms with Crippen molar-refractivity contribution in [1.82, 2.24) is 9.13 Å². The van der Waals surface area contributed by atoms with E-state index in [0.29, 0.717) is 0 Å². The summed E-state index contributed by atoms with van der Waals surface area (Å²) in [6.45, 7) is 0. The highest BCUT2D eigenvalue weighted by molar-refractivity contribution is 7.20. The molecule has 0 atom stereocenters. The average molecular weight is 834 g/mol. The molecule has 12 rings (SSSR count). The summed E-state index contributed by atoms with van der Waals surface area (Å²) >= 11 is 0. The van der Waals surface area contributed by atoms with Gasteiger partial charge in [0.05, 0.1) is 27.8 Å². The van der Waals surface area contributed by atoms with Crippen LogP contribution in [0.1, 0.15) is 0 Å². The summed E-state index contributed by atoms with van der Waals surface area (Å²) < 4.78 is 4.95. The molecule has 0 aliphatic heterocycles. The molecule has 4 heteroatoms. The zero-order valence-electron chi connectivity index (χ0n) is 35.1. The molecule has 0 unspecified atom stereocenters. The van der Waals surface area contributed by atoms with Crippen molar-refractivity contribution in [3.05, 3.63) is 249 Å². The van der Waals surface area contributed by atoms with Crippen molar-refractivity contribution in [1.29, 1.82) is 0 Å². The van der Waals surface area contributed by atoms with Gasteiger partial charge in [-0.05, 0) is 80.4 Å². The number of fused-ring (bicyclic) bond motifs is 6. The minimum Gasteiger partial charge on any atom is -0.399 e. The SMILES string of the molecule is Nc1cc(-c2ccccc2)c(-n2c3ccccc3c3cc(-n4c5ccccc5c5ccc([Si](c6ccccc6)(c6ccccc6)c6ccccc6)cc54)ccc32)c(-c2ccccc2)c1. The van der Waals surface area contributed by atoms with Gasteiger partial charge in [-0.1, -0.05) is 200 Å². The number of aromatic nitrogens is 2. The highest BCUT2D eigenvalue weighted by Crippen LogP contribution is 2.43. The molecule has 0 radical (unpaired) electrons. The van der Waals surface area contributed by atoms with E-state index in [1.807, 2.05) is 0 Å². The normalized spacial score (nSPS) is 11.8. The first-order chi connectivity index (χ1) is 31.7. The fourth-order valence-electron chi connectivity index (χ4n) is 10.5. The molecule has 302 valence electrons.